The van der Waals surface area contributed by atoms with Crippen molar-refractivity contribution >= 4 is 17.6 Å². The zero-order valence-electron chi connectivity index (χ0n) is 13.3. The van der Waals surface area contributed by atoms with Crippen molar-refractivity contribution in [3.8, 4) is 0 Å². The molecule has 1 saturated heterocycles. The van der Waals surface area contributed by atoms with Gasteiger partial charge in [-0.1, -0.05) is 24.1 Å². The average molecular weight is 324 g/mol. The molecule has 22 heavy (non-hydrogen) atoms. The molecule has 0 saturated carbocycles. The van der Waals surface area contributed by atoms with Crippen molar-refractivity contribution in [1.82, 2.24) is 20.5 Å². The Morgan fingerprint density at radius 1 is 1.23 bits per heavy atom. The van der Waals surface area contributed by atoms with Crippen LogP contribution in [0.25, 0.3) is 0 Å². The maximum Gasteiger partial charge on any atom is 0.191 e. The molecule has 0 radical (unpaired) electrons. The van der Waals surface area contributed by atoms with E-state index in [4.69, 9.17) is 11.6 Å². The Morgan fingerprint density at radius 2 is 2.00 bits per heavy atom. The van der Waals surface area contributed by atoms with Crippen LogP contribution in [0.1, 0.15) is 24.8 Å². The summed E-state index contributed by atoms with van der Waals surface area (Å²) in [7, 11) is 1.81. The van der Waals surface area contributed by atoms with E-state index in [1.54, 1.807) is 7.05 Å². The molecule has 1 aromatic rings. The van der Waals surface area contributed by atoms with Crippen LogP contribution in [0.3, 0.4) is 0 Å². The van der Waals surface area contributed by atoms with Gasteiger partial charge in [-0.2, -0.15) is 0 Å². The molecule has 6 heteroatoms. The summed E-state index contributed by atoms with van der Waals surface area (Å²) in [6.45, 7) is 5.31. The molecule has 0 aliphatic carbocycles. The second-order valence-electron chi connectivity index (χ2n) is 5.57. The summed E-state index contributed by atoms with van der Waals surface area (Å²) in [6.07, 6.45) is 6.77. The lowest BCUT2D eigenvalue weighted by Crippen LogP contribution is -2.43. The van der Waals surface area contributed by atoms with E-state index in [9.17, 15) is 0 Å². The SMILES string of the molecule is CN=C(NCCc1ccc(Cl)nc1)NCCN1CCCCC1. The van der Waals surface area contributed by atoms with Crippen LogP contribution in [0.5, 0.6) is 0 Å². The van der Waals surface area contributed by atoms with Crippen LogP contribution in [-0.2, 0) is 6.42 Å². The molecule has 2 rings (SSSR count). The first-order valence-corrected chi connectivity index (χ1v) is 8.43. The highest BCUT2D eigenvalue weighted by Crippen LogP contribution is 2.07. The van der Waals surface area contributed by atoms with E-state index in [-0.39, 0.29) is 0 Å². The maximum absolute atomic E-state index is 5.78. The summed E-state index contributed by atoms with van der Waals surface area (Å²) in [5.41, 5.74) is 1.17. The van der Waals surface area contributed by atoms with Crippen molar-refractivity contribution in [1.29, 1.82) is 0 Å². The van der Waals surface area contributed by atoms with Gasteiger partial charge in [0.1, 0.15) is 5.15 Å². The molecule has 0 unspecified atom stereocenters. The molecule has 0 spiro atoms. The second-order valence-corrected chi connectivity index (χ2v) is 5.95. The van der Waals surface area contributed by atoms with Crippen LogP contribution in [0, 0.1) is 0 Å². The third-order valence-corrected chi connectivity index (χ3v) is 4.11. The molecule has 0 bridgehead atoms. The monoisotopic (exact) mass is 323 g/mol. The van der Waals surface area contributed by atoms with E-state index in [0.717, 1.165) is 32.0 Å². The zero-order valence-corrected chi connectivity index (χ0v) is 14.1. The topological polar surface area (TPSA) is 52.6 Å². The minimum Gasteiger partial charge on any atom is -0.356 e. The van der Waals surface area contributed by atoms with Crippen molar-refractivity contribution in [2.75, 3.05) is 39.8 Å². The summed E-state index contributed by atoms with van der Waals surface area (Å²) in [4.78, 5) is 10.9. The predicted octanol–water partition coefficient (Wildman–Crippen LogP) is 1.93. The van der Waals surface area contributed by atoms with E-state index in [2.05, 4.69) is 25.5 Å². The smallest absolute Gasteiger partial charge is 0.191 e. The normalized spacial score (nSPS) is 16.5. The van der Waals surface area contributed by atoms with Gasteiger partial charge >= 0.3 is 0 Å². The fourth-order valence-corrected chi connectivity index (χ4v) is 2.73. The summed E-state index contributed by atoms with van der Waals surface area (Å²) in [6, 6.07) is 3.83. The van der Waals surface area contributed by atoms with Gasteiger partial charge in [-0.05, 0) is 44.0 Å². The molecule has 0 atom stereocenters. The van der Waals surface area contributed by atoms with Crippen LogP contribution in [-0.4, -0.2) is 55.6 Å². The number of halogens is 1. The van der Waals surface area contributed by atoms with Crippen LogP contribution in [0.15, 0.2) is 23.3 Å². The Morgan fingerprint density at radius 3 is 2.68 bits per heavy atom. The van der Waals surface area contributed by atoms with E-state index < -0.39 is 0 Å². The molecular formula is C16H26ClN5. The standard InChI is InChI=1S/C16H26ClN5/c1-18-16(20-9-12-22-10-3-2-4-11-22)19-8-7-14-5-6-15(17)21-13-14/h5-6,13H,2-4,7-12H2,1H3,(H2,18,19,20). The third-order valence-electron chi connectivity index (χ3n) is 3.89. The lowest BCUT2D eigenvalue weighted by molar-refractivity contribution is 0.232. The van der Waals surface area contributed by atoms with Crippen LogP contribution >= 0.6 is 11.6 Å². The van der Waals surface area contributed by atoms with E-state index in [1.807, 2.05) is 18.3 Å². The lowest BCUT2D eigenvalue weighted by atomic mass is 10.1. The van der Waals surface area contributed by atoms with Gasteiger partial charge in [0, 0.05) is 32.9 Å². The van der Waals surface area contributed by atoms with Crippen molar-refractivity contribution in [3.63, 3.8) is 0 Å². The van der Waals surface area contributed by atoms with Gasteiger partial charge < -0.3 is 15.5 Å². The number of nitrogens with one attached hydrogen (secondary N) is 2. The highest BCUT2D eigenvalue weighted by Gasteiger charge is 2.09. The molecular weight excluding hydrogens is 298 g/mol. The Bertz CT molecular complexity index is 454. The molecule has 1 aliphatic rings. The van der Waals surface area contributed by atoms with Gasteiger partial charge in [-0.3, -0.25) is 4.99 Å². The van der Waals surface area contributed by atoms with Crippen LogP contribution in [0.2, 0.25) is 5.15 Å². The van der Waals surface area contributed by atoms with Crippen molar-refractivity contribution in [2.45, 2.75) is 25.7 Å². The summed E-state index contributed by atoms with van der Waals surface area (Å²) in [5.74, 6) is 0.860. The Labute approximate surface area is 138 Å². The highest BCUT2D eigenvalue weighted by molar-refractivity contribution is 6.29. The number of aromatic nitrogens is 1. The van der Waals surface area contributed by atoms with Gasteiger partial charge in [-0.25, -0.2) is 4.98 Å². The fraction of sp³-hybridized carbons (Fsp3) is 0.625. The number of pyridine rings is 1. The molecule has 1 aliphatic heterocycles. The van der Waals surface area contributed by atoms with Crippen molar-refractivity contribution in [3.05, 3.63) is 29.0 Å². The summed E-state index contributed by atoms with van der Waals surface area (Å²) >= 11 is 5.78. The number of rotatable bonds is 6. The lowest BCUT2D eigenvalue weighted by Gasteiger charge is -2.26. The first-order chi connectivity index (χ1) is 10.8. The number of piperidine rings is 1. The second kappa shape index (κ2) is 9.64. The van der Waals surface area contributed by atoms with E-state index in [1.165, 1.54) is 37.9 Å². The largest absolute Gasteiger partial charge is 0.356 e. The molecule has 0 amide bonds. The molecule has 122 valence electrons. The number of guanidine groups is 1. The number of aliphatic imine (C=N–C) groups is 1. The summed E-state index contributed by atoms with van der Waals surface area (Å²) < 4.78 is 0. The first kappa shape index (κ1) is 17.0. The molecule has 1 fully saturated rings. The van der Waals surface area contributed by atoms with Crippen molar-refractivity contribution < 1.29 is 0 Å². The average Bonchev–Trinajstić information content (AvgIpc) is 2.56. The first-order valence-electron chi connectivity index (χ1n) is 8.05. The number of nitrogens with zero attached hydrogens (tertiary/aromatic N) is 3. The molecule has 0 aromatic carbocycles. The Kier molecular flexibility index (Phi) is 7.46. The van der Waals surface area contributed by atoms with E-state index in [0.29, 0.717) is 5.15 Å². The van der Waals surface area contributed by atoms with Gasteiger partial charge in [0.05, 0.1) is 0 Å². The quantitative estimate of drug-likeness (QED) is 0.477. The predicted molar refractivity (Wildman–Crippen MR) is 92.6 cm³/mol. The van der Waals surface area contributed by atoms with Crippen LogP contribution in [0.4, 0.5) is 0 Å². The van der Waals surface area contributed by atoms with Gasteiger partial charge in [0.25, 0.3) is 0 Å². The highest BCUT2D eigenvalue weighted by atomic mass is 35.5. The van der Waals surface area contributed by atoms with Crippen LogP contribution < -0.4 is 10.6 Å². The van der Waals surface area contributed by atoms with E-state index >= 15 is 0 Å². The third kappa shape index (κ3) is 6.20. The minimum absolute atomic E-state index is 0.534. The van der Waals surface area contributed by atoms with Crippen molar-refractivity contribution in [2.24, 2.45) is 4.99 Å². The van der Waals surface area contributed by atoms with Gasteiger partial charge in [-0.15, -0.1) is 0 Å². The number of hydrogen-bond acceptors (Lipinski definition) is 3. The zero-order chi connectivity index (χ0) is 15.6. The molecule has 1 aromatic heterocycles. The maximum atomic E-state index is 5.78. The molecule has 2 N–H and O–H groups in total. The Hall–Kier alpha value is -1.33. The Balaban J connectivity index is 1.61. The molecule has 2 heterocycles. The number of likely N-dealkylation sites (tertiary alicyclic amines) is 1. The number of hydrogen-bond donors (Lipinski definition) is 2. The minimum atomic E-state index is 0.534. The van der Waals surface area contributed by atoms with Gasteiger partial charge in [0.15, 0.2) is 5.96 Å². The van der Waals surface area contributed by atoms with Gasteiger partial charge in [0.2, 0.25) is 0 Å². The fourth-order valence-electron chi connectivity index (χ4n) is 2.62. The molecule has 5 nitrogen and oxygen atoms in total. The summed E-state index contributed by atoms with van der Waals surface area (Å²) in [5, 5.41) is 7.24.